The van der Waals surface area contributed by atoms with Crippen LogP contribution in [0.1, 0.15) is 16.7 Å². The molecule has 1 N–H and O–H groups in total. The summed E-state index contributed by atoms with van der Waals surface area (Å²) in [5, 5.41) is 2.92. The molecule has 186 valence electrons. The number of aryl methyl sites for hydroxylation is 2. The van der Waals surface area contributed by atoms with Gasteiger partial charge in [0.1, 0.15) is 5.58 Å². The number of alkyl halides is 3. The van der Waals surface area contributed by atoms with E-state index in [1.807, 2.05) is 13.8 Å². The highest BCUT2D eigenvalue weighted by Crippen LogP contribution is 2.35. The Morgan fingerprint density at radius 2 is 1.67 bits per heavy atom. The predicted octanol–water partition coefficient (Wildman–Crippen LogP) is 7.42. The number of hydrogen-bond donors (Lipinski definition) is 1. The Hall–Kier alpha value is -3.49. The Morgan fingerprint density at radius 1 is 1.00 bits per heavy atom. The third-order valence-electron chi connectivity index (χ3n) is 5.49. The van der Waals surface area contributed by atoms with E-state index in [9.17, 15) is 22.8 Å². The van der Waals surface area contributed by atoms with Gasteiger partial charge in [0.15, 0.2) is 12.4 Å². The second kappa shape index (κ2) is 9.87. The highest BCUT2D eigenvalue weighted by molar-refractivity contribution is 6.33. The molecule has 0 unspecified atom stereocenters. The number of carbonyl (C=O) groups is 1. The van der Waals surface area contributed by atoms with Crippen LogP contribution in [0.15, 0.2) is 63.8 Å². The van der Waals surface area contributed by atoms with Crippen molar-refractivity contribution in [2.75, 3.05) is 11.9 Å². The number of rotatable bonds is 5. The zero-order valence-electron chi connectivity index (χ0n) is 18.9. The smallest absolute Gasteiger partial charge is 0.416 e. The number of fused-ring (bicyclic) bond motifs is 1. The molecule has 1 heterocycles. The van der Waals surface area contributed by atoms with E-state index in [0.717, 1.165) is 29.3 Å². The van der Waals surface area contributed by atoms with Gasteiger partial charge < -0.3 is 14.5 Å². The number of benzene rings is 3. The van der Waals surface area contributed by atoms with E-state index in [0.29, 0.717) is 16.2 Å². The van der Waals surface area contributed by atoms with Crippen LogP contribution in [0, 0.1) is 13.8 Å². The quantitative estimate of drug-likeness (QED) is 0.288. The molecule has 1 aromatic heterocycles. The van der Waals surface area contributed by atoms with Crippen molar-refractivity contribution < 1.29 is 27.1 Å². The van der Waals surface area contributed by atoms with Crippen LogP contribution >= 0.6 is 23.2 Å². The van der Waals surface area contributed by atoms with Crippen LogP contribution in [0.5, 0.6) is 5.75 Å². The molecular weight excluding hydrogens is 518 g/mol. The second-order valence-electron chi connectivity index (χ2n) is 8.06. The first kappa shape index (κ1) is 25.6. The van der Waals surface area contributed by atoms with E-state index in [-0.39, 0.29) is 27.6 Å². The highest BCUT2D eigenvalue weighted by Gasteiger charge is 2.31. The molecule has 0 saturated heterocycles. The first-order chi connectivity index (χ1) is 16.9. The molecule has 0 atom stereocenters. The summed E-state index contributed by atoms with van der Waals surface area (Å²) in [5.74, 6) is -0.964. The highest BCUT2D eigenvalue weighted by atomic mass is 35.5. The molecule has 36 heavy (non-hydrogen) atoms. The minimum atomic E-state index is -4.62. The van der Waals surface area contributed by atoms with E-state index in [1.165, 1.54) is 0 Å². The molecule has 0 spiro atoms. The predicted molar refractivity (Wildman–Crippen MR) is 133 cm³/mol. The van der Waals surface area contributed by atoms with Crippen molar-refractivity contribution >= 4 is 45.8 Å². The topological polar surface area (TPSA) is 68.5 Å². The summed E-state index contributed by atoms with van der Waals surface area (Å²) >= 11 is 11.9. The van der Waals surface area contributed by atoms with E-state index in [4.69, 9.17) is 32.4 Å². The van der Waals surface area contributed by atoms with Gasteiger partial charge in [-0.1, -0.05) is 23.2 Å². The van der Waals surface area contributed by atoms with Crippen LogP contribution in [0.25, 0.3) is 22.3 Å². The number of hydrogen-bond acceptors (Lipinski definition) is 4. The standard InChI is InChI=1S/C26H18Cl2F3NO4/c1-13-9-18-21(10-14(13)2)36-24(15-3-6-17(27)7-4-15)25(23(18)34)35-12-22(33)32-20-11-16(26(29,30)31)5-8-19(20)28/h3-11H,12H2,1-2H3,(H,32,33). The summed E-state index contributed by atoms with van der Waals surface area (Å²) < 4.78 is 50.7. The fourth-order valence-electron chi connectivity index (χ4n) is 3.48. The van der Waals surface area contributed by atoms with Gasteiger partial charge in [-0.2, -0.15) is 13.2 Å². The molecule has 0 aliphatic carbocycles. The van der Waals surface area contributed by atoms with Crippen molar-refractivity contribution in [3.63, 3.8) is 0 Å². The summed E-state index contributed by atoms with van der Waals surface area (Å²) in [6.45, 7) is 3.03. The molecule has 0 radical (unpaired) electrons. The summed E-state index contributed by atoms with van der Waals surface area (Å²) in [5.41, 5.74) is 0.863. The molecule has 0 saturated carbocycles. The molecule has 5 nitrogen and oxygen atoms in total. The van der Waals surface area contributed by atoms with Crippen molar-refractivity contribution in [3.05, 3.63) is 91.6 Å². The van der Waals surface area contributed by atoms with Gasteiger partial charge in [-0.05, 0) is 79.6 Å². The molecule has 0 aliphatic rings. The maximum Gasteiger partial charge on any atom is 0.416 e. The molecule has 1 amide bonds. The average Bonchev–Trinajstić information content (AvgIpc) is 2.81. The van der Waals surface area contributed by atoms with Crippen LogP contribution in [0.4, 0.5) is 18.9 Å². The lowest BCUT2D eigenvalue weighted by Crippen LogP contribution is -2.23. The van der Waals surface area contributed by atoms with Crippen molar-refractivity contribution in [3.8, 4) is 17.1 Å². The largest absolute Gasteiger partial charge is 0.476 e. The van der Waals surface area contributed by atoms with Gasteiger partial charge in [0.2, 0.25) is 11.2 Å². The Bertz CT molecular complexity index is 1530. The number of amides is 1. The van der Waals surface area contributed by atoms with Crippen LogP contribution in [0.2, 0.25) is 10.0 Å². The van der Waals surface area contributed by atoms with Crippen LogP contribution in [-0.4, -0.2) is 12.5 Å². The zero-order chi connectivity index (χ0) is 26.2. The first-order valence-electron chi connectivity index (χ1n) is 10.6. The van der Waals surface area contributed by atoms with Gasteiger partial charge in [-0.25, -0.2) is 0 Å². The van der Waals surface area contributed by atoms with Gasteiger partial charge in [0.25, 0.3) is 5.91 Å². The summed E-state index contributed by atoms with van der Waals surface area (Å²) in [4.78, 5) is 25.9. The van der Waals surface area contributed by atoms with Crippen molar-refractivity contribution in [2.45, 2.75) is 20.0 Å². The van der Waals surface area contributed by atoms with E-state index in [2.05, 4.69) is 5.32 Å². The number of halogens is 5. The second-order valence-corrected chi connectivity index (χ2v) is 8.90. The minimum absolute atomic E-state index is 0.0809. The molecule has 4 aromatic rings. The van der Waals surface area contributed by atoms with Crippen molar-refractivity contribution in [2.24, 2.45) is 0 Å². The van der Waals surface area contributed by atoms with Gasteiger partial charge >= 0.3 is 6.18 Å². The maximum atomic E-state index is 13.3. The SMILES string of the molecule is Cc1cc2oc(-c3ccc(Cl)cc3)c(OCC(=O)Nc3cc(C(F)(F)F)ccc3Cl)c(=O)c2cc1C. The molecule has 3 aromatic carbocycles. The molecule has 0 bridgehead atoms. The Morgan fingerprint density at radius 3 is 2.33 bits per heavy atom. The molecule has 10 heteroatoms. The first-order valence-corrected chi connectivity index (χ1v) is 11.3. The number of ether oxygens (including phenoxy) is 1. The third-order valence-corrected chi connectivity index (χ3v) is 6.07. The number of carbonyl (C=O) groups excluding carboxylic acids is 1. The lowest BCUT2D eigenvalue weighted by atomic mass is 10.0. The molecule has 0 fully saturated rings. The van der Waals surface area contributed by atoms with E-state index in [1.54, 1.807) is 36.4 Å². The van der Waals surface area contributed by atoms with Gasteiger partial charge in [0, 0.05) is 10.6 Å². The molecule has 0 aliphatic heterocycles. The van der Waals surface area contributed by atoms with E-state index >= 15 is 0 Å². The molecular formula is C26H18Cl2F3NO4. The Labute approximate surface area is 213 Å². The lowest BCUT2D eigenvalue weighted by molar-refractivity contribution is -0.137. The average molecular weight is 536 g/mol. The third kappa shape index (κ3) is 5.34. The fourth-order valence-corrected chi connectivity index (χ4v) is 3.77. The minimum Gasteiger partial charge on any atom is -0.476 e. The van der Waals surface area contributed by atoms with Gasteiger partial charge in [0.05, 0.1) is 21.7 Å². The maximum absolute atomic E-state index is 13.3. The Kier molecular flexibility index (Phi) is 7.02. The number of anilines is 1. The summed E-state index contributed by atoms with van der Waals surface area (Å²) in [6.07, 6.45) is -4.62. The normalized spacial score (nSPS) is 11.5. The van der Waals surface area contributed by atoms with Crippen molar-refractivity contribution in [1.82, 2.24) is 0 Å². The Balaban J connectivity index is 1.69. The summed E-state index contributed by atoms with van der Waals surface area (Å²) in [6, 6.07) is 12.4. The van der Waals surface area contributed by atoms with Gasteiger partial charge in [-0.3, -0.25) is 9.59 Å². The number of nitrogens with one attached hydrogen (secondary N) is 1. The van der Waals surface area contributed by atoms with Crippen LogP contribution in [0.3, 0.4) is 0 Å². The zero-order valence-corrected chi connectivity index (χ0v) is 20.4. The van der Waals surface area contributed by atoms with Crippen LogP contribution < -0.4 is 15.5 Å². The summed E-state index contributed by atoms with van der Waals surface area (Å²) in [7, 11) is 0. The fraction of sp³-hybridized carbons (Fsp3) is 0.154. The molecule has 4 rings (SSSR count). The van der Waals surface area contributed by atoms with Gasteiger partial charge in [-0.15, -0.1) is 0 Å². The van der Waals surface area contributed by atoms with E-state index < -0.39 is 29.7 Å². The van der Waals surface area contributed by atoms with Crippen LogP contribution in [-0.2, 0) is 11.0 Å². The van der Waals surface area contributed by atoms with Crippen molar-refractivity contribution in [1.29, 1.82) is 0 Å². The lowest BCUT2D eigenvalue weighted by Gasteiger charge is -2.14. The monoisotopic (exact) mass is 535 g/mol.